The molecular weight excluding hydrogens is 255 g/mol. The SMILES string of the molecule is C=C(COC1CC(C)CC(C)C1)[B-](F)(F)F.[K+]. The Hall–Kier alpha value is 1.19. The zero-order valence-electron chi connectivity index (χ0n) is 10.9. The summed E-state index contributed by atoms with van der Waals surface area (Å²) in [6, 6.07) is 0. The van der Waals surface area contributed by atoms with Gasteiger partial charge in [0.15, 0.2) is 0 Å². The molecule has 1 nitrogen and oxygen atoms in total. The average molecular weight is 274 g/mol. The fourth-order valence-electron chi connectivity index (χ4n) is 2.33. The van der Waals surface area contributed by atoms with Gasteiger partial charge < -0.3 is 17.7 Å². The topological polar surface area (TPSA) is 9.23 Å². The Kier molecular flexibility index (Phi) is 8.24. The van der Waals surface area contributed by atoms with Crippen LogP contribution in [0.2, 0.25) is 0 Å². The Morgan fingerprint density at radius 1 is 1.18 bits per heavy atom. The first-order valence-electron chi connectivity index (χ1n) is 5.78. The van der Waals surface area contributed by atoms with Gasteiger partial charge in [0.25, 0.3) is 0 Å². The molecule has 0 heterocycles. The quantitative estimate of drug-likeness (QED) is 0.688. The van der Waals surface area contributed by atoms with E-state index in [4.69, 9.17) is 4.74 Å². The fraction of sp³-hybridized carbons (Fsp3) is 0.818. The average Bonchev–Trinajstić information content (AvgIpc) is 2.11. The van der Waals surface area contributed by atoms with Crippen molar-refractivity contribution in [2.24, 2.45) is 11.8 Å². The van der Waals surface area contributed by atoms with Crippen LogP contribution in [0, 0.1) is 11.8 Å². The molecule has 17 heavy (non-hydrogen) atoms. The second-order valence-corrected chi connectivity index (χ2v) is 5.08. The van der Waals surface area contributed by atoms with Gasteiger partial charge in [0.05, 0.1) is 6.10 Å². The van der Waals surface area contributed by atoms with E-state index in [-0.39, 0.29) is 64.1 Å². The van der Waals surface area contributed by atoms with E-state index in [0.29, 0.717) is 11.8 Å². The largest absolute Gasteiger partial charge is 1.00 e. The van der Waals surface area contributed by atoms with Crippen LogP contribution in [-0.2, 0) is 4.74 Å². The monoisotopic (exact) mass is 274 g/mol. The summed E-state index contributed by atoms with van der Waals surface area (Å²) in [5, 5.41) is 0. The maximum absolute atomic E-state index is 12.2. The van der Waals surface area contributed by atoms with E-state index in [2.05, 4.69) is 20.4 Å². The van der Waals surface area contributed by atoms with Crippen LogP contribution in [0.3, 0.4) is 0 Å². The van der Waals surface area contributed by atoms with E-state index in [1.807, 2.05) is 0 Å². The first-order valence-corrected chi connectivity index (χ1v) is 5.78. The maximum atomic E-state index is 12.2. The van der Waals surface area contributed by atoms with Crippen molar-refractivity contribution in [1.82, 2.24) is 0 Å². The Bertz CT molecular complexity index is 248. The molecular formula is C11H19BF3KO. The first kappa shape index (κ1) is 18.2. The van der Waals surface area contributed by atoms with Gasteiger partial charge in [-0.1, -0.05) is 13.8 Å². The summed E-state index contributed by atoms with van der Waals surface area (Å²) in [4.78, 5) is 0. The predicted molar refractivity (Wildman–Crippen MR) is 60.1 cm³/mol. The molecule has 94 valence electrons. The van der Waals surface area contributed by atoms with Crippen molar-refractivity contribution in [1.29, 1.82) is 0 Å². The standard InChI is InChI=1S/C11H19BF3O.K/c1-8-4-9(2)6-11(5-8)16-7-10(3)12(13,14)15;/h8-9,11H,3-7H2,1-2H3;/q-1;+1. The maximum Gasteiger partial charge on any atom is 1.00 e. The summed E-state index contributed by atoms with van der Waals surface area (Å²) in [7, 11) is 0. The Morgan fingerprint density at radius 3 is 2.06 bits per heavy atom. The molecule has 1 aliphatic carbocycles. The van der Waals surface area contributed by atoms with E-state index in [1.165, 1.54) is 0 Å². The van der Waals surface area contributed by atoms with Crippen LogP contribution in [0.1, 0.15) is 33.1 Å². The van der Waals surface area contributed by atoms with E-state index >= 15 is 0 Å². The van der Waals surface area contributed by atoms with Gasteiger partial charge in [-0.25, -0.2) is 0 Å². The van der Waals surface area contributed by atoms with E-state index in [0.717, 1.165) is 19.3 Å². The third-order valence-corrected chi connectivity index (χ3v) is 3.10. The smallest absolute Gasteiger partial charge is 0.445 e. The van der Waals surface area contributed by atoms with Crippen LogP contribution >= 0.6 is 0 Å². The molecule has 0 N–H and O–H groups in total. The molecule has 1 aliphatic rings. The van der Waals surface area contributed by atoms with Gasteiger partial charge >= 0.3 is 58.4 Å². The number of hydrogen-bond acceptors (Lipinski definition) is 1. The summed E-state index contributed by atoms with van der Waals surface area (Å²) >= 11 is 0. The molecule has 0 saturated heterocycles. The predicted octanol–water partition coefficient (Wildman–Crippen LogP) is 0.774. The Morgan fingerprint density at radius 2 is 1.65 bits per heavy atom. The van der Waals surface area contributed by atoms with Crippen LogP contribution in [-0.4, -0.2) is 19.7 Å². The fourth-order valence-corrected chi connectivity index (χ4v) is 2.33. The normalized spacial score (nSPS) is 29.6. The van der Waals surface area contributed by atoms with E-state index in [1.54, 1.807) is 0 Å². The van der Waals surface area contributed by atoms with Crippen molar-refractivity contribution in [3.63, 3.8) is 0 Å². The first-order chi connectivity index (χ1) is 7.29. The molecule has 0 radical (unpaired) electrons. The number of rotatable bonds is 4. The molecule has 2 atom stereocenters. The Labute approximate surface area is 144 Å². The minimum Gasteiger partial charge on any atom is -0.445 e. The van der Waals surface area contributed by atoms with Crippen molar-refractivity contribution in [2.45, 2.75) is 39.2 Å². The van der Waals surface area contributed by atoms with E-state index in [9.17, 15) is 12.9 Å². The van der Waals surface area contributed by atoms with Crippen LogP contribution in [0.5, 0.6) is 0 Å². The molecule has 0 aromatic rings. The second-order valence-electron chi connectivity index (χ2n) is 5.08. The van der Waals surface area contributed by atoms with Gasteiger partial charge in [-0.3, -0.25) is 0 Å². The zero-order valence-corrected chi connectivity index (χ0v) is 14.0. The molecule has 1 fully saturated rings. The van der Waals surface area contributed by atoms with Crippen LogP contribution in [0.15, 0.2) is 12.1 Å². The van der Waals surface area contributed by atoms with E-state index < -0.39 is 12.4 Å². The van der Waals surface area contributed by atoms with Gasteiger partial charge in [-0.2, -0.15) is 0 Å². The number of halogens is 3. The van der Waals surface area contributed by atoms with Crippen LogP contribution in [0.4, 0.5) is 12.9 Å². The van der Waals surface area contributed by atoms with Crippen LogP contribution < -0.4 is 51.4 Å². The summed E-state index contributed by atoms with van der Waals surface area (Å²) < 4.78 is 42.0. The summed E-state index contributed by atoms with van der Waals surface area (Å²) in [6.07, 6.45) is 2.84. The van der Waals surface area contributed by atoms with Gasteiger partial charge in [-0.15, -0.1) is 12.1 Å². The molecule has 1 rings (SSSR count). The molecule has 1 saturated carbocycles. The summed E-state index contributed by atoms with van der Waals surface area (Å²) in [5.41, 5.74) is -0.731. The van der Waals surface area contributed by atoms with Gasteiger partial charge in [-0.05, 0) is 31.1 Å². The number of ether oxygens (including phenoxy) is 1. The third-order valence-electron chi connectivity index (χ3n) is 3.10. The molecule has 0 amide bonds. The van der Waals surface area contributed by atoms with Gasteiger partial charge in [0.1, 0.15) is 0 Å². The summed E-state index contributed by atoms with van der Waals surface area (Å²) in [6.45, 7) is 1.95. The molecule has 2 unspecified atom stereocenters. The minimum absolute atomic E-state index is 0. The van der Waals surface area contributed by atoms with Crippen molar-refractivity contribution in [2.75, 3.05) is 6.61 Å². The zero-order chi connectivity index (χ0) is 12.3. The molecule has 6 heteroatoms. The van der Waals surface area contributed by atoms with Crippen molar-refractivity contribution in [3.05, 3.63) is 12.1 Å². The van der Waals surface area contributed by atoms with Crippen molar-refractivity contribution >= 4 is 6.98 Å². The molecule has 0 aliphatic heterocycles. The second kappa shape index (κ2) is 7.70. The Balaban J connectivity index is 0.00000256. The third kappa shape index (κ3) is 6.78. The van der Waals surface area contributed by atoms with Crippen molar-refractivity contribution in [3.8, 4) is 0 Å². The van der Waals surface area contributed by atoms with Gasteiger partial charge in [0, 0.05) is 6.61 Å². The molecule has 0 bridgehead atoms. The number of hydrogen-bond donors (Lipinski definition) is 0. The molecule has 0 spiro atoms. The molecule has 0 aromatic carbocycles. The molecule has 0 aromatic heterocycles. The van der Waals surface area contributed by atoms with Gasteiger partial charge in [0.2, 0.25) is 0 Å². The van der Waals surface area contributed by atoms with Crippen molar-refractivity contribution < 1.29 is 69.1 Å². The van der Waals surface area contributed by atoms with Crippen LogP contribution in [0.25, 0.3) is 0 Å². The summed E-state index contributed by atoms with van der Waals surface area (Å²) in [5.74, 6) is 1.08. The minimum atomic E-state index is -4.94.